The number of anilines is 2. The van der Waals surface area contributed by atoms with E-state index in [2.05, 4.69) is 39.9 Å². The summed E-state index contributed by atoms with van der Waals surface area (Å²) in [6.45, 7) is 5.98. The lowest BCUT2D eigenvalue weighted by molar-refractivity contribution is 0.0600. The molecule has 1 amide bonds. The lowest BCUT2D eigenvalue weighted by atomic mass is 10.1. The third-order valence-electron chi connectivity index (χ3n) is 6.62. The molecule has 0 saturated carbocycles. The Morgan fingerprint density at radius 3 is 2.44 bits per heavy atom. The first kappa shape index (κ1) is 27.5. The van der Waals surface area contributed by atoms with Gasteiger partial charge in [-0.25, -0.2) is 15.2 Å². The van der Waals surface area contributed by atoms with Crippen molar-refractivity contribution in [2.75, 3.05) is 12.4 Å². The number of carbonyl (C=O) groups is 2. The van der Waals surface area contributed by atoms with Crippen LogP contribution in [0, 0.1) is 20.8 Å². The second-order valence-electron chi connectivity index (χ2n) is 9.51. The van der Waals surface area contributed by atoms with E-state index >= 15 is 0 Å². The average molecular weight is 564 g/mol. The van der Waals surface area contributed by atoms with Crippen molar-refractivity contribution in [3.63, 3.8) is 0 Å². The predicted octanol–water partition coefficient (Wildman–Crippen LogP) is 6.82. The molecule has 2 aromatic heterocycles. The van der Waals surface area contributed by atoms with Gasteiger partial charge in [0.1, 0.15) is 0 Å². The number of aryl methyl sites for hydroxylation is 2. The van der Waals surface area contributed by atoms with Crippen molar-refractivity contribution in [1.29, 1.82) is 0 Å². The maximum absolute atomic E-state index is 12.7. The van der Waals surface area contributed by atoms with Gasteiger partial charge in [0.15, 0.2) is 5.13 Å². The number of amides is 1. The highest BCUT2D eigenvalue weighted by atomic mass is 32.1. The van der Waals surface area contributed by atoms with Crippen LogP contribution in [0.2, 0.25) is 0 Å². The smallest absolute Gasteiger partial charge is 0.337 e. The minimum Gasteiger partial charge on any atom is -0.465 e. The molecule has 41 heavy (non-hydrogen) atoms. The third-order valence-corrected chi connectivity index (χ3v) is 7.37. The van der Waals surface area contributed by atoms with Gasteiger partial charge in [0.25, 0.3) is 5.91 Å². The van der Waals surface area contributed by atoms with Crippen molar-refractivity contribution >= 4 is 40.2 Å². The topological polar surface area (TPSA) is 97.6 Å². The van der Waals surface area contributed by atoms with E-state index in [1.807, 2.05) is 66.3 Å². The first-order valence-electron chi connectivity index (χ1n) is 12.9. The molecule has 8 nitrogen and oxygen atoms in total. The van der Waals surface area contributed by atoms with E-state index in [1.54, 1.807) is 30.5 Å². The van der Waals surface area contributed by atoms with Gasteiger partial charge < -0.3 is 14.6 Å². The summed E-state index contributed by atoms with van der Waals surface area (Å²) in [4.78, 5) is 29.4. The summed E-state index contributed by atoms with van der Waals surface area (Å²) < 4.78 is 6.87. The minimum absolute atomic E-state index is 0.313. The van der Waals surface area contributed by atoms with Gasteiger partial charge in [-0.2, -0.15) is 5.10 Å². The molecule has 0 saturated heterocycles. The van der Waals surface area contributed by atoms with E-state index in [0.29, 0.717) is 11.1 Å². The Bertz CT molecular complexity index is 1730. The van der Waals surface area contributed by atoms with Crippen LogP contribution in [0.5, 0.6) is 0 Å². The standard InChI is InChI=1S/C32H29N5O3S/c1-20-8-14-27(15-9-20)34-32-35-29(19-41-32)23-10-12-24(13-11-23)30(38)36-33-18-26-16-21(2)37(22(26)3)28-7-5-6-25(17-28)31(39)40-4/h5-19H,1-4H3,(H,34,35)(H,36,38)/b33-18-. The van der Waals surface area contributed by atoms with Crippen LogP contribution in [0.15, 0.2) is 89.3 Å². The highest BCUT2D eigenvalue weighted by molar-refractivity contribution is 7.14. The van der Waals surface area contributed by atoms with Crippen molar-refractivity contribution < 1.29 is 14.3 Å². The normalized spacial score (nSPS) is 11.0. The van der Waals surface area contributed by atoms with E-state index < -0.39 is 5.97 Å². The minimum atomic E-state index is -0.390. The fraction of sp³-hybridized carbons (Fsp3) is 0.125. The Hall–Kier alpha value is -5.02. The molecule has 0 aliphatic carbocycles. The number of carbonyl (C=O) groups excluding carboxylic acids is 2. The highest BCUT2D eigenvalue weighted by Gasteiger charge is 2.13. The van der Waals surface area contributed by atoms with Crippen molar-refractivity contribution in [2.24, 2.45) is 5.10 Å². The number of esters is 1. The van der Waals surface area contributed by atoms with Gasteiger partial charge in [0.2, 0.25) is 0 Å². The Balaban J connectivity index is 1.23. The summed E-state index contributed by atoms with van der Waals surface area (Å²) in [5, 5.41) is 10.3. The maximum atomic E-state index is 12.7. The number of methoxy groups -OCH3 is 1. The van der Waals surface area contributed by atoms with E-state index in [0.717, 1.165) is 44.7 Å². The predicted molar refractivity (Wildman–Crippen MR) is 164 cm³/mol. The SMILES string of the molecule is COC(=O)c1cccc(-n2c(C)cc(/C=N\NC(=O)c3ccc(-c4csc(Nc5ccc(C)cc5)n4)cc3)c2C)c1. The van der Waals surface area contributed by atoms with Crippen molar-refractivity contribution in [1.82, 2.24) is 15.0 Å². The summed E-state index contributed by atoms with van der Waals surface area (Å²) >= 11 is 1.53. The Kier molecular flexibility index (Phi) is 8.07. The molecule has 0 radical (unpaired) electrons. The molecule has 5 rings (SSSR count). The Labute approximate surface area is 242 Å². The summed E-state index contributed by atoms with van der Waals surface area (Å²) in [5.41, 5.74) is 11.1. The number of ether oxygens (including phenoxy) is 1. The average Bonchev–Trinajstić information content (AvgIpc) is 3.57. The van der Waals surface area contributed by atoms with Crippen LogP contribution in [-0.4, -0.2) is 34.8 Å². The zero-order valence-electron chi connectivity index (χ0n) is 23.1. The second kappa shape index (κ2) is 12.0. The number of hydrazone groups is 1. The molecule has 3 aromatic carbocycles. The fourth-order valence-electron chi connectivity index (χ4n) is 4.45. The number of nitrogens with one attached hydrogen (secondary N) is 2. The fourth-order valence-corrected chi connectivity index (χ4v) is 5.19. The van der Waals surface area contributed by atoms with Gasteiger partial charge >= 0.3 is 5.97 Å². The van der Waals surface area contributed by atoms with Crippen LogP contribution < -0.4 is 10.7 Å². The summed E-state index contributed by atoms with van der Waals surface area (Å²) in [7, 11) is 1.36. The zero-order chi connectivity index (χ0) is 28.9. The van der Waals surface area contributed by atoms with Gasteiger partial charge in [-0.1, -0.05) is 35.9 Å². The molecule has 0 bridgehead atoms. The van der Waals surface area contributed by atoms with Crippen LogP contribution >= 0.6 is 11.3 Å². The Morgan fingerprint density at radius 2 is 1.71 bits per heavy atom. The number of hydrogen-bond acceptors (Lipinski definition) is 7. The highest BCUT2D eigenvalue weighted by Crippen LogP contribution is 2.27. The molecule has 2 N–H and O–H groups in total. The molecular formula is C32H29N5O3S. The Morgan fingerprint density at radius 1 is 0.951 bits per heavy atom. The van der Waals surface area contributed by atoms with Crippen LogP contribution in [0.25, 0.3) is 16.9 Å². The monoisotopic (exact) mass is 563 g/mol. The quantitative estimate of drug-likeness (QED) is 0.123. The molecule has 0 fully saturated rings. The largest absolute Gasteiger partial charge is 0.465 e. The molecule has 5 aromatic rings. The van der Waals surface area contributed by atoms with Crippen LogP contribution in [-0.2, 0) is 4.74 Å². The summed E-state index contributed by atoms with van der Waals surface area (Å²) in [6.07, 6.45) is 1.62. The number of aromatic nitrogens is 2. The lowest BCUT2D eigenvalue weighted by Gasteiger charge is -2.11. The van der Waals surface area contributed by atoms with Crippen LogP contribution in [0.1, 0.15) is 43.2 Å². The van der Waals surface area contributed by atoms with Gasteiger partial charge in [-0.15, -0.1) is 11.3 Å². The number of thiazole rings is 1. The molecule has 2 heterocycles. The first-order chi connectivity index (χ1) is 19.8. The number of nitrogens with zero attached hydrogens (tertiary/aromatic N) is 3. The van der Waals surface area contributed by atoms with Crippen LogP contribution in [0.3, 0.4) is 0 Å². The van der Waals surface area contributed by atoms with Gasteiger partial charge in [0, 0.05) is 44.8 Å². The molecular weight excluding hydrogens is 534 g/mol. The van der Waals surface area contributed by atoms with Crippen LogP contribution in [0.4, 0.5) is 10.8 Å². The summed E-state index contributed by atoms with van der Waals surface area (Å²) in [6, 6.07) is 24.6. The van der Waals surface area contributed by atoms with E-state index in [9.17, 15) is 9.59 Å². The molecule has 0 atom stereocenters. The van der Waals surface area contributed by atoms with Gasteiger partial charge in [0.05, 0.1) is 24.6 Å². The lowest BCUT2D eigenvalue weighted by Crippen LogP contribution is -2.17. The van der Waals surface area contributed by atoms with E-state index in [4.69, 9.17) is 4.74 Å². The number of rotatable bonds is 8. The van der Waals surface area contributed by atoms with Crippen molar-refractivity contribution in [3.05, 3.63) is 118 Å². The molecule has 206 valence electrons. The molecule has 0 aliphatic heterocycles. The molecule has 0 unspecified atom stereocenters. The molecule has 0 spiro atoms. The zero-order valence-corrected chi connectivity index (χ0v) is 24.0. The van der Waals surface area contributed by atoms with E-state index in [-0.39, 0.29) is 5.91 Å². The number of hydrogen-bond donors (Lipinski definition) is 2. The maximum Gasteiger partial charge on any atom is 0.337 e. The van der Waals surface area contributed by atoms with Gasteiger partial charge in [-0.05, 0) is 69.3 Å². The van der Waals surface area contributed by atoms with Crippen molar-refractivity contribution in [3.8, 4) is 16.9 Å². The van der Waals surface area contributed by atoms with E-state index in [1.165, 1.54) is 24.0 Å². The second-order valence-corrected chi connectivity index (χ2v) is 10.4. The molecule has 9 heteroatoms. The summed E-state index contributed by atoms with van der Waals surface area (Å²) in [5.74, 6) is -0.703. The number of benzene rings is 3. The van der Waals surface area contributed by atoms with Gasteiger partial charge in [-0.3, -0.25) is 4.79 Å². The van der Waals surface area contributed by atoms with Crippen molar-refractivity contribution in [2.45, 2.75) is 20.8 Å². The molecule has 0 aliphatic rings. The third kappa shape index (κ3) is 6.26. The first-order valence-corrected chi connectivity index (χ1v) is 13.8.